The number of rotatable bonds is 16. The van der Waals surface area contributed by atoms with Crippen LogP contribution in [-0.2, 0) is 0 Å². The van der Waals surface area contributed by atoms with Crippen molar-refractivity contribution in [2.75, 3.05) is 26.2 Å². The Kier molecular flexibility index (Phi) is 16.2. The van der Waals surface area contributed by atoms with Crippen molar-refractivity contribution in [2.24, 2.45) is 0 Å². The molecule has 0 aromatic rings. The maximum Gasteiger partial charge on any atom is 0.00391 e. The Balaban J connectivity index is 3.24. The molecule has 0 radical (unpaired) electrons. The van der Waals surface area contributed by atoms with E-state index >= 15 is 0 Å². The molecule has 2 nitrogen and oxygen atoms in total. The van der Waals surface area contributed by atoms with Gasteiger partial charge in [0.05, 0.1) is 0 Å². The Morgan fingerprint density at radius 3 is 1.90 bits per heavy atom. The molecule has 0 amide bonds. The monoisotopic (exact) mass is 298 g/mol. The molecule has 0 fully saturated rings. The molecule has 0 saturated heterocycles. The van der Waals surface area contributed by atoms with Crippen LogP contribution in [0, 0.1) is 0 Å². The topological polar surface area (TPSA) is 15.3 Å². The van der Waals surface area contributed by atoms with Gasteiger partial charge in [-0.2, -0.15) is 0 Å². The van der Waals surface area contributed by atoms with Gasteiger partial charge in [-0.3, -0.25) is 0 Å². The van der Waals surface area contributed by atoms with Crippen LogP contribution in [0.2, 0.25) is 0 Å². The van der Waals surface area contributed by atoms with E-state index in [0.717, 1.165) is 0 Å². The number of nitrogens with one attached hydrogen (secondary N) is 1. The Morgan fingerprint density at radius 1 is 0.762 bits per heavy atom. The zero-order chi connectivity index (χ0) is 15.8. The zero-order valence-electron chi connectivity index (χ0n) is 15.4. The summed E-state index contributed by atoms with van der Waals surface area (Å²) in [4.78, 5) is 2.52. The second-order valence-corrected chi connectivity index (χ2v) is 6.50. The van der Waals surface area contributed by atoms with Crippen molar-refractivity contribution in [1.82, 2.24) is 10.2 Å². The molecule has 0 aliphatic rings. The minimum absolute atomic E-state index is 0.685. The summed E-state index contributed by atoms with van der Waals surface area (Å²) in [7, 11) is 0. The largest absolute Gasteiger partial charge is 0.314 e. The average molecular weight is 299 g/mol. The standard InChI is InChI=1S/C19H42N2/c1-5-8-9-10-11-12-13-14-17-20-19(4)16-15-18-21(6-2)7-3/h19-20H,5-18H2,1-4H3. The second-order valence-electron chi connectivity index (χ2n) is 6.50. The highest BCUT2D eigenvalue weighted by molar-refractivity contribution is 4.63. The van der Waals surface area contributed by atoms with Crippen LogP contribution in [0.25, 0.3) is 0 Å². The third kappa shape index (κ3) is 14.6. The van der Waals surface area contributed by atoms with E-state index in [1.165, 1.54) is 90.4 Å². The van der Waals surface area contributed by atoms with Crippen molar-refractivity contribution in [3.63, 3.8) is 0 Å². The summed E-state index contributed by atoms with van der Waals surface area (Å²) in [6.45, 7) is 14.0. The van der Waals surface area contributed by atoms with E-state index in [1.807, 2.05) is 0 Å². The van der Waals surface area contributed by atoms with Crippen LogP contribution in [0.1, 0.15) is 91.9 Å². The van der Waals surface area contributed by atoms with Gasteiger partial charge in [0.1, 0.15) is 0 Å². The fourth-order valence-corrected chi connectivity index (χ4v) is 2.87. The zero-order valence-corrected chi connectivity index (χ0v) is 15.4. The number of unbranched alkanes of at least 4 members (excludes halogenated alkanes) is 7. The highest BCUT2D eigenvalue weighted by Gasteiger charge is 2.03. The van der Waals surface area contributed by atoms with E-state index in [9.17, 15) is 0 Å². The minimum atomic E-state index is 0.685. The van der Waals surface area contributed by atoms with Gasteiger partial charge in [0, 0.05) is 6.04 Å². The molecule has 0 aliphatic carbocycles. The Labute approximate surface area is 135 Å². The Bertz CT molecular complexity index is 190. The molecule has 128 valence electrons. The predicted octanol–water partition coefficient (Wildman–Crippen LogP) is 5.23. The van der Waals surface area contributed by atoms with Gasteiger partial charge in [-0.25, -0.2) is 0 Å². The molecule has 0 spiro atoms. The second kappa shape index (κ2) is 16.3. The van der Waals surface area contributed by atoms with Crippen LogP contribution < -0.4 is 5.32 Å². The lowest BCUT2D eigenvalue weighted by Gasteiger charge is -2.19. The van der Waals surface area contributed by atoms with Crippen LogP contribution in [-0.4, -0.2) is 37.1 Å². The van der Waals surface area contributed by atoms with Crippen molar-refractivity contribution in [1.29, 1.82) is 0 Å². The van der Waals surface area contributed by atoms with Crippen molar-refractivity contribution in [3.05, 3.63) is 0 Å². The van der Waals surface area contributed by atoms with Crippen molar-refractivity contribution >= 4 is 0 Å². The molecule has 21 heavy (non-hydrogen) atoms. The summed E-state index contributed by atoms with van der Waals surface area (Å²) in [5.41, 5.74) is 0. The SMILES string of the molecule is CCCCCCCCCCNC(C)CCCN(CC)CC. The highest BCUT2D eigenvalue weighted by atomic mass is 15.1. The van der Waals surface area contributed by atoms with E-state index in [0.29, 0.717) is 6.04 Å². The number of nitrogens with zero attached hydrogens (tertiary/aromatic N) is 1. The summed E-state index contributed by atoms with van der Waals surface area (Å²) in [6, 6.07) is 0.685. The van der Waals surface area contributed by atoms with Gasteiger partial charge in [-0.1, -0.05) is 65.7 Å². The molecule has 2 heteroatoms. The summed E-state index contributed by atoms with van der Waals surface area (Å²) < 4.78 is 0. The van der Waals surface area contributed by atoms with Gasteiger partial charge >= 0.3 is 0 Å². The summed E-state index contributed by atoms with van der Waals surface area (Å²) in [6.07, 6.45) is 13.9. The smallest absolute Gasteiger partial charge is 0.00391 e. The number of hydrogen-bond acceptors (Lipinski definition) is 2. The van der Waals surface area contributed by atoms with E-state index in [4.69, 9.17) is 0 Å². The van der Waals surface area contributed by atoms with Gasteiger partial charge in [0.25, 0.3) is 0 Å². The molecule has 0 heterocycles. The van der Waals surface area contributed by atoms with Crippen molar-refractivity contribution in [3.8, 4) is 0 Å². The first-order valence-electron chi connectivity index (χ1n) is 9.70. The Morgan fingerprint density at radius 2 is 1.33 bits per heavy atom. The fourth-order valence-electron chi connectivity index (χ4n) is 2.87. The molecule has 0 aromatic heterocycles. The molecule has 1 N–H and O–H groups in total. The average Bonchev–Trinajstić information content (AvgIpc) is 2.50. The third-order valence-corrected chi connectivity index (χ3v) is 4.53. The Hall–Kier alpha value is -0.0800. The predicted molar refractivity (Wildman–Crippen MR) is 97.1 cm³/mol. The maximum atomic E-state index is 3.69. The van der Waals surface area contributed by atoms with E-state index in [1.54, 1.807) is 0 Å². The van der Waals surface area contributed by atoms with Crippen LogP contribution in [0.4, 0.5) is 0 Å². The van der Waals surface area contributed by atoms with E-state index < -0.39 is 0 Å². The van der Waals surface area contributed by atoms with Gasteiger partial charge in [-0.15, -0.1) is 0 Å². The molecule has 0 aliphatic heterocycles. The van der Waals surface area contributed by atoms with Gasteiger partial charge < -0.3 is 10.2 Å². The van der Waals surface area contributed by atoms with Crippen molar-refractivity contribution < 1.29 is 0 Å². The fraction of sp³-hybridized carbons (Fsp3) is 1.00. The molecule has 0 rings (SSSR count). The first kappa shape index (κ1) is 20.9. The van der Waals surface area contributed by atoms with Crippen LogP contribution >= 0.6 is 0 Å². The van der Waals surface area contributed by atoms with Crippen molar-refractivity contribution in [2.45, 2.75) is 97.9 Å². The first-order valence-corrected chi connectivity index (χ1v) is 9.70. The molecule has 1 unspecified atom stereocenters. The first-order chi connectivity index (χ1) is 10.2. The highest BCUT2D eigenvalue weighted by Crippen LogP contribution is 2.08. The van der Waals surface area contributed by atoms with Gasteiger partial charge in [0.15, 0.2) is 0 Å². The maximum absolute atomic E-state index is 3.69. The van der Waals surface area contributed by atoms with E-state index in [2.05, 4.69) is 37.9 Å². The van der Waals surface area contributed by atoms with Gasteiger partial charge in [-0.05, 0) is 52.4 Å². The van der Waals surface area contributed by atoms with Crippen LogP contribution in [0.5, 0.6) is 0 Å². The molecule has 1 atom stereocenters. The lowest BCUT2D eigenvalue weighted by atomic mass is 10.1. The lowest BCUT2D eigenvalue weighted by molar-refractivity contribution is 0.290. The summed E-state index contributed by atoms with van der Waals surface area (Å²) in [5.74, 6) is 0. The third-order valence-electron chi connectivity index (χ3n) is 4.53. The molecular weight excluding hydrogens is 256 g/mol. The molecule has 0 bridgehead atoms. The quantitative estimate of drug-likeness (QED) is 0.393. The summed E-state index contributed by atoms with van der Waals surface area (Å²) in [5, 5.41) is 3.69. The van der Waals surface area contributed by atoms with Crippen LogP contribution in [0.3, 0.4) is 0 Å². The van der Waals surface area contributed by atoms with E-state index in [-0.39, 0.29) is 0 Å². The molecule has 0 aromatic carbocycles. The number of hydrogen-bond donors (Lipinski definition) is 1. The van der Waals surface area contributed by atoms with Gasteiger partial charge in [0.2, 0.25) is 0 Å². The lowest BCUT2D eigenvalue weighted by Crippen LogP contribution is -2.29. The molecular formula is C19H42N2. The normalized spacial score (nSPS) is 13.0. The summed E-state index contributed by atoms with van der Waals surface area (Å²) >= 11 is 0. The van der Waals surface area contributed by atoms with Crippen LogP contribution in [0.15, 0.2) is 0 Å². The molecule has 0 saturated carbocycles. The minimum Gasteiger partial charge on any atom is -0.314 e.